The van der Waals surface area contributed by atoms with Crippen molar-refractivity contribution in [1.82, 2.24) is 14.7 Å². The van der Waals surface area contributed by atoms with Crippen LogP contribution >= 0.6 is 0 Å². The lowest BCUT2D eigenvalue weighted by Crippen LogP contribution is -2.25. The molecule has 1 N–H and O–H groups in total. The van der Waals surface area contributed by atoms with E-state index in [1.54, 1.807) is 0 Å². The summed E-state index contributed by atoms with van der Waals surface area (Å²) in [5, 5.41) is 13.2. The number of aliphatic carboxylic acids is 1. The lowest BCUT2D eigenvalue weighted by molar-refractivity contribution is -0.137. The lowest BCUT2D eigenvalue weighted by atomic mass is 10.0. The van der Waals surface area contributed by atoms with E-state index in [2.05, 4.69) is 30.8 Å². The Kier molecular flexibility index (Phi) is 5.54. The number of carboxylic acids is 1. The SMILES string of the molecule is CCn1nc(C)c(C(C)N(C)CCCC(=O)O)c1C. The molecule has 0 aliphatic heterocycles. The van der Waals surface area contributed by atoms with Gasteiger partial charge in [-0.15, -0.1) is 0 Å². The predicted octanol–water partition coefficient (Wildman–Crippen LogP) is 2.38. The van der Waals surface area contributed by atoms with Gasteiger partial charge in [-0.3, -0.25) is 14.4 Å². The largest absolute Gasteiger partial charge is 0.481 e. The van der Waals surface area contributed by atoms with Gasteiger partial charge in [-0.25, -0.2) is 0 Å². The zero-order valence-electron chi connectivity index (χ0n) is 12.6. The topological polar surface area (TPSA) is 58.4 Å². The minimum Gasteiger partial charge on any atom is -0.481 e. The standard InChI is InChI=1S/C14H25N3O2/c1-6-17-12(4)14(10(2)15-17)11(3)16(5)9-7-8-13(18)19/h11H,6-9H2,1-5H3,(H,18,19). The summed E-state index contributed by atoms with van der Waals surface area (Å²) in [7, 11) is 2.04. The monoisotopic (exact) mass is 267 g/mol. The first-order valence-corrected chi connectivity index (χ1v) is 6.84. The molecule has 1 aromatic heterocycles. The van der Waals surface area contributed by atoms with Crippen LogP contribution in [0.1, 0.15) is 49.7 Å². The van der Waals surface area contributed by atoms with E-state index in [1.165, 1.54) is 11.3 Å². The first kappa shape index (κ1) is 15.7. The van der Waals surface area contributed by atoms with Crippen molar-refractivity contribution in [2.75, 3.05) is 13.6 Å². The Morgan fingerprint density at radius 1 is 1.47 bits per heavy atom. The van der Waals surface area contributed by atoms with Gasteiger partial charge in [-0.2, -0.15) is 5.10 Å². The highest BCUT2D eigenvalue weighted by atomic mass is 16.4. The molecule has 1 aromatic rings. The molecule has 1 heterocycles. The summed E-state index contributed by atoms with van der Waals surface area (Å²) in [5.74, 6) is -0.729. The van der Waals surface area contributed by atoms with Gasteiger partial charge >= 0.3 is 5.97 Å². The maximum absolute atomic E-state index is 10.5. The first-order chi connectivity index (χ1) is 8.88. The first-order valence-electron chi connectivity index (χ1n) is 6.84. The second-order valence-corrected chi connectivity index (χ2v) is 5.05. The van der Waals surface area contributed by atoms with E-state index in [1.807, 2.05) is 18.7 Å². The van der Waals surface area contributed by atoms with E-state index in [-0.39, 0.29) is 12.5 Å². The molecule has 0 aliphatic rings. The van der Waals surface area contributed by atoms with Gasteiger partial charge in [0.05, 0.1) is 5.69 Å². The molecule has 1 rings (SSSR count). The molecule has 0 aliphatic carbocycles. The zero-order chi connectivity index (χ0) is 14.6. The van der Waals surface area contributed by atoms with Gasteiger partial charge in [0.2, 0.25) is 0 Å². The summed E-state index contributed by atoms with van der Waals surface area (Å²) in [6, 6.07) is 0.258. The number of hydrogen-bond acceptors (Lipinski definition) is 3. The van der Waals surface area contributed by atoms with E-state index in [0.29, 0.717) is 6.42 Å². The number of nitrogens with zero attached hydrogens (tertiary/aromatic N) is 3. The molecular formula is C14H25N3O2. The second-order valence-electron chi connectivity index (χ2n) is 5.05. The van der Waals surface area contributed by atoms with E-state index in [9.17, 15) is 4.79 Å². The zero-order valence-corrected chi connectivity index (χ0v) is 12.6. The molecule has 0 bridgehead atoms. The Morgan fingerprint density at radius 3 is 2.58 bits per heavy atom. The minimum absolute atomic E-state index is 0.225. The molecule has 0 radical (unpaired) electrons. The van der Waals surface area contributed by atoms with E-state index < -0.39 is 5.97 Å². The Labute approximate surface area is 115 Å². The summed E-state index contributed by atoms with van der Waals surface area (Å²) in [6.45, 7) is 10.0. The molecule has 1 unspecified atom stereocenters. The van der Waals surface area contributed by atoms with Crippen molar-refractivity contribution >= 4 is 5.97 Å². The molecule has 5 heteroatoms. The van der Waals surface area contributed by atoms with Crippen LogP contribution in [-0.2, 0) is 11.3 Å². The predicted molar refractivity (Wildman–Crippen MR) is 75.3 cm³/mol. The van der Waals surface area contributed by atoms with Gasteiger partial charge in [0, 0.05) is 30.3 Å². The number of aryl methyl sites for hydroxylation is 2. The van der Waals surface area contributed by atoms with Crippen molar-refractivity contribution in [2.45, 2.75) is 53.1 Å². The van der Waals surface area contributed by atoms with Gasteiger partial charge < -0.3 is 5.11 Å². The van der Waals surface area contributed by atoms with E-state index in [0.717, 1.165) is 18.8 Å². The molecule has 0 amide bonds. The van der Waals surface area contributed by atoms with Gasteiger partial charge in [-0.05, 0) is 47.7 Å². The van der Waals surface area contributed by atoms with Gasteiger partial charge in [0.15, 0.2) is 0 Å². The number of carbonyl (C=O) groups is 1. The summed E-state index contributed by atoms with van der Waals surface area (Å²) in [6.07, 6.45) is 0.902. The van der Waals surface area contributed by atoms with Crippen LogP contribution in [0.2, 0.25) is 0 Å². The third-order valence-corrected chi connectivity index (χ3v) is 3.72. The number of carboxylic acid groups (broad SMARTS) is 1. The van der Waals surface area contributed by atoms with E-state index in [4.69, 9.17) is 5.11 Å². The summed E-state index contributed by atoms with van der Waals surface area (Å²) in [5.41, 5.74) is 3.54. The van der Waals surface area contributed by atoms with Crippen LogP contribution in [0.15, 0.2) is 0 Å². The van der Waals surface area contributed by atoms with Crippen LogP contribution in [0.3, 0.4) is 0 Å². The van der Waals surface area contributed by atoms with Gasteiger partial charge in [0.25, 0.3) is 0 Å². The van der Waals surface area contributed by atoms with Crippen LogP contribution < -0.4 is 0 Å². The van der Waals surface area contributed by atoms with Crippen LogP contribution in [0.25, 0.3) is 0 Å². The van der Waals surface area contributed by atoms with Crippen molar-refractivity contribution in [1.29, 1.82) is 0 Å². The van der Waals surface area contributed by atoms with Crippen LogP contribution in [0.4, 0.5) is 0 Å². The fourth-order valence-corrected chi connectivity index (χ4v) is 2.52. The number of aromatic nitrogens is 2. The Bertz CT molecular complexity index is 440. The Balaban J connectivity index is 2.73. The normalized spacial score (nSPS) is 12.9. The van der Waals surface area contributed by atoms with Crippen LogP contribution in [0, 0.1) is 13.8 Å². The van der Waals surface area contributed by atoms with Crippen LogP contribution in [0.5, 0.6) is 0 Å². The van der Waals surface area contributed by atoms with Crippen molar-refractivity contribution in [3.63, 3.8) is 0 Å². The molecule has 19 heavy (non-hydrogen) atoms. The number of rotatable bonds is 7. The molecule has 1 atom stereocenters. The second kappa shape index (κ2) is 6.70. The molecule has 0 fully saturated rings. The molecule has 0 spiro atoms. The van der Waals surface area contributed by atoms with Gasteiger partial charge in [-0.1, -0.05) is 0 Å². The van der Waals surface area contributed by atoms with Crippen LogP contribution in [-0.4, -0.2) is 39.3 Å². The maximum Gasteiger partial charge on any atom is 0.303 e. The van der Waals surface area contributed by atoms with Crippen molar-refractivity contribution in [3.05, 3.63) is 17.0 Å². The lowest BCUT2D eigenvalue weighted by Gasteiger charge is -2.25. The molecular weight excluding hydrogens is 242 g/mol. The smallest absolute Gasteiger partial charge is 0.303 e. The molecule has 108 valence electrons. The van der Waals surface area contributed by atoms with Crippen molar-refractivity contribution in [2.24, 2.45) is 0 Å². The highest BCUT2D eigenvalue weighted by molar-refractivity contribution is 5.66. The summed E-state index contributed by atoms with van der Waals surface area (Å²) < 4.78 is 2.02. The average Bonchev–Trinajstić information content (AvgIpc) is 2.62. The highest BCUT2D eigenvalue weighted by Crippen LogP contribution is 2.25. The van der Waals surface area contributed by atoms with Crippen molar-refractivity contribution < 1.29 is 9.90 Å². The minimum atomic E-state index is -0.729. The third-order valence-electron chi connectivity index (χ3n) is 3.72. The van der Waals surface area contributed by atoms with Crippen molar-refractivity contribution in [3.8, 4) is 0 Å². The average molecular weight is 267 g/mol. The summed E-state index contributed by atoms with van der Waals surface area (Å²) in [4.78, 5) is 12.7. The number of hydrogen-bond donors (Lipinski definition) is 1. The summed E-state index contributed by atoms with van der Waals surface area (Å²) >= 11 is 0. The molecule has 5 nitrogen and oxygen atoms in total. The fraction of sp³-hybridized carbons (Fsp3) is 0.714. The highest BCUT2D eigenvalue weighted by Gasteiger charge is 2.20. The Hall–Kier alpha value is -1.36. The molecule has 0 aromatic carbocycles. The molecule has 0 saturated heterocycles. The quantitative estimate of drug-likeness (QED) is 0.824. The Morgan fingerprint density at radius 2 is 2.11 bits per heavy atom. The van der Waals surface area contributed by atoms with E-state index >= 15 is 0 Å². The fourth-order valence-electron chi connectivity index (χ4n) is 2.52. The van der Waals surface area contributed by atoms with Gasteiger partial charge in [0.1, 0.15) is 0 Å². The third kappa shape index (κ3) is 3.80. The molecule has 0 saturated carbocycles. The maximum atomic E-state index is 10.5.